The highest BCUT2D eigenvalue weighted by Gasteiger charge is 2.32. The van der Waals surface area contributed by atoms with E-state index in [2.05, 4.69) is 26.8 Å². The van der Waals surface area contributed by atoms with Crippen LogP contribution in [0.1, 0.15) is 31.0 Å². The molecule has 6 heteroatoms. The molecule has 0 amide bonds. The van der Waals surface area contributed by atoms with Crippen LogP contribution in [0, 0.1) is 17.3 Å². The Bertz CT molecular complexity index is 963. The van der Waals surface area contributed by atoms with Crippen molar-refractivity contribution in [3.05, 3.63) is 77.6 Å². The first kappa shape index (κ1) is 19.8. The Hall–Kier alpha value is -2.94. The molecular weight excluding hydrogens is 374 g/mol. The van der Waals surface area contributed by atoms with E-state index in [1.165, 1.54) is 6.33 Å². The fourth-order valence-electron chi connectivity index (χ4n) is 3.02. The molecule has 28 heavy (non-hydrogen) atoms. The molecule has 1 aromatic carbocycles. The molecule has 0 saturated heterocycles. The Morgan fingerprint density at radius 2 is 1.71 bits per heavy atom. The first-order chi connectivity index (χ1) is 13.5. The van der Waals surface area contributed by atoms with Crippen molar-refractivity contribution in [3.8, 4) is 23.3 Å². The van der Waals surface area contributed by atoms with Crippen LogP contribution >= 0.6 is 11.6 Å². The molecule has 142 valence electrons. The monoisotopic (exact) mass is 393 g/mol. The molecule has 2 aromatic heterocycles. The van der Waals surface area contributed by atoms with Gasteiger partial charge in [-0.25, -0.2) is 9.97 Å². The summed E-state index contributed by atoms with van der Waals surface area (Å²) in [5, 5.41) is 9.76. The minimum atomic E-state index is -0.487. The third-order valence-electron chi connectivity index (χ3n) is 4.23. The molecule has 0 spiro atoms. The van der Waals surface area contributed by atoms with Gasteiger partial charge in [0.15, 0.2) is 0 Å². The SMILES string of the molecule is CC(C)(C#CCO)C(c1cncnc1)c1ccc(Oc2ccc(Cl)cc2)cn1. The van der Waals surface area contributed by atoms with Gasteiger partial charge in [0.2, 0.25) is 0 Å². The van der Waals surface area contributed by atoms with Crippen LogP contribution in [0.25, 0.3) is 0 Å². The first-order valence-corrected chi connectivity index (χ1v) is 9.12. The second-order valence-electron chi connectivity index (χ2n) is 6.76. The summed E-state index contributed by atoms with van der Waals surface area (Å²) in [6.07, 6.45) is 6.69. The number of aromatic nitrogens is 3. The molecular formula is C22H20ClN3O2. The lowest BCUT2D eigenvalue weighted by Crippen LogP contribution is -2.23. The van der Waals surface area contributed by atoms with Gasteiger partial charge in [-0.15, -0.1) is 0 Å². The molecule has 2 heterocycles. The van der Waals surface area contributed by atoms with Crippen molar-refractivity contribution in [2.45, 2.75) is 19.8 Å². The zero-order valence-electron chi connectivity index (χ0n) is 15.6. The van der Waals surface area contributed by atoms with Crippen LogP contribution in [-0.4, -0.2) is 26.7 Å². The lowest BCUT2D eigenvalue weighted by molar-refractivity contribution is 0.348. The number of hydrogen-bond acceptors (Lipinski definition) is 5. The lowest BCUT2D eigenvalue weighted by atomic mass is 9.74. The molecule has 0 bridgehead atoms. The van der Waals surface area contributed by atoms with E-state index >= 15 is 0 Å². The summed E-state index contributed by atoms with van der Waals surface area (Å²) in [6, 6.07) is 10.9. The van der Waals surface area contributed by atoms with Gasteiger partial charge in [-0.05, 0) is 55.8 Å². The summed E-state index contributed by atoms with van der Waals surface area (Å²) in [4.78, 5) is 12.9. The lowest BCUT2D eigenvalue weighted by Gasteiger charge is -2.29. The molecule has 0 aliphatic carbocycles. The second-order valence-corrected chi connectivity index (χ2v) is 7.20. The Morgan fingerprint density at radius 1 is 1.04 bits per heavy atom. The number of aliphatic hydroxyl groups is 1. The quantitative estimate of drug-likeness (QED) is 0.647. The van der Waals surface area contributed by atoms with Crippen molar-refractivity contribution in [1.29, 1.82) is 0 Å². The number of nitrogens with zero attached hydrogens (tertiary/aromatic N) is 3. The first-order valence-electron chi connectivity index (χ1n) is 8.75. The van der Waals surface area contributed by atoms with E-state index in [4.69, 9.17) is 21.4 Å². The van der Waals surface area contributed by atoms with Gasteiger partial charge in [-0.3, -0.25) is 4.98 Å². The largest absolute Gasteiger partial charge is 0.456 e. The molecule has 0 radical (unpaired) electrons. The van der Waals surface area contributed by atoms with Crippen LogP contribution in [0.2, 0.25) is 5.02 Å². The van der Waals surface area contributed by atoms with Gasteiger partial charge in [-0.2, -0.15) is 0 Å². The minimum absolute atomic E-state index is 0.169. The van der Waals surface area contributed by atoms with Gasteiger partial charge in [0, 0.05) is 34.4 Å². The van der Waals surface area contributed by atoms with Crippen molar-refractivity contribution in [1.82, 2.24) is 15.0 Å². The van der Waals surface area contributed by atoms with Crippen LogP contribution < -0.4 is 4.74 Å². The van der Waals surface area contributed by atoms with E-state index in [0.29, 0.717) is 16.5 Å². The van der Waals surface area contributed by atoms with Gasteiger partial charge in [0.25, 0.3) is 0 Å². The Labute approximate surface area is 169 Å². The van der Waals surface area contributed by atoms with E-state index in [1.807, 2.05) is 26.0 Å². The molecule has 1 atom stereocenters. The third kappa shape index (κ3) is 4.86. The van der Waals surface area contributed by atoms with Crippen LogP contribution in [-0.2, 0) is 0 Å². The molecule has 3 rings (SSSR count). The van der Waals surface area contributed by atoms with Crippen LogP contribution in [0.4, 0.5) is 0 Å². The molecule has 0 saturated carbocycles. The summed E-state index contributed by atoms with van der Waals surface area (Å²) in [7, 11) is 0. The average Bonchev–Trinajstić information content (AvgIpc) is 2.70. The number of halogens is 1. The highest BCUT2D eigenvalue weighted by atomic mass is 35.5. The zero-order chi connectivity index (χ0) is 20.0. The van der Waals surface area contributed by atoms with Gasteiger partial charge in [0.05, 0.1) is 6.20 Å². The third-order valence-corrected chi connectivity index (χ3v) is 4.48. The molecule has 1 unspecified atom stereocenters. The highest BCUT2D eigenvalue weighted by molar-refractivity contribution is 6.30. The molecule has 0 fully saturated rings. The van der Waals surface area contributed by atoms with Crippen LogP contribution in [0.3, 0.4) is 0 Å². The maximum Gasteiger partial charge on any atom is 0.145 e. The molecule has 1 N–H and O–H groups in total. The summed E-state index contributed by atoms with van der Waals surface area (Å²) >= 11 is 5.90. The number of pyridine rings is 1. The summed E-state index contributed by atoms with van der Waals surface area (Å²) < 4.78 is 5.82. The van der Waals surface area contributed by atoms with Gasteiger partial charge in [-0.1, -0.05) is 23.4 Å². The van der Waals surface area contributed by atoms with Crippen molar-refractivity contribution in [2.75, 3.05) is 6.61 Å². The summed E-state index contributed by atoms with van der Waals surface area (Å²) in [5.74, 6) is 7.02. The predicted molar refractivity (Wildman–Crippen MR) is 108 cm³/mol. The smallest absolute Gasteiger partial charge is 0.145 e. The van der Waals surface area contributed by atoms with E-state index in [1.54, 1.807) is 42.9 Å². The maximum absolute atomic E-state index is 9.11. The van der Waals surface area contributed by atoms with Crippen molar-refractivity contribution in [2.24, 2.45) is 5.41 Å². The van der Waals surface area contributed by atoms with E-state index in [-0.39, 0.29) is 12.5 Å². The molecule has 3 aromatic rings. The predicted octanol–water partition coefficient (Wildman–Crippen LogP) is 4.47. The maximum atomic E-state index is 9.11. The Balaban J connectivity index is 1.91. The number of rotatable bonds is 5. The zero-order valence-corrected chi connectivity index (χ0v) is 16.4. The van der Waals surface area contributed by atoms with Gasteiger partial charge >= 0.3 is 0 Å². The van der Waals surface area contributed by atoms with E-state index < -0.39 is 5.41 Å². The van der Waals surface area contributed by atoms with Crippen LogP contribution in [0.15, 0.2) is 61.3 Å². The molecule has 0 aliphatic rings. The Kier molecular flexibility index (Phi) is 6.25. The van der Waals surface area contributed by atoms with E-state index in [9.17, 15) is 0 Å². The van der Waals surface area contributed by atoms with Crippen molar-refractivity contribution < 1.29 is 9.84 Å². The molecule has 0 aliphatic heterocycles. The molecule has 5 nitrogen and oxygen atoms in total. The summed E-state index contributed by atoms with van der Waals surface area (Å²) in [6.45, 7) is 3.82. The fourth-order valence-corrected chi connectivity index (χ4v) is 3.14. The number of hydrogen-bond donors (Lipinski definition) is 1. The van der Waals surface area contributed by atoms with Gasteiger partial charge in [0.1, 0.15) is 24.4 Å². The van der Waals surface area contributed by atoms with E-state index in [0.717, 1.165) is 11.3 Å². The standard InChI is InChI=1S/C22H20ClN3O2/c1-22(2,10-3-11-27)21(16-12-24-15-25-13-16)20-9-8-19(14-26-20)28-18-6-4-17(23)5-7-18/h4-9,12-15,21,27H,11H2,1-2H3. The topological polar surface area (TPSA) is 68.1 Å². The summed E-state index contributed by atoms with van der Waals surface area (Å²) in [5.41, 5.74) is 1.23. The minimum Gasteiger partial charge on any atom is -0.456 e. The second kappa shape index (κ2) is 8.83. The van der Waals surface area contributed by atoms with Crippen molar-refractivity contribution in [3.63, 3.8) is 0 Å². The Morgan fingerprint density at radius 3 is 2.32 bits per heavy atom. The normalized spacial score (nSPS) is 12.0. The highest BCUT2D eigenvalue weighted by Crippen LogP contribution is 2.39. The van der Waals surface area contributed by atoms with Gasteiger partial charge < -0.3 is 9.84 Å². The van der Waals surface area contributed by atoms with Crippen LogP contribution in [0.5, 0.6) is 11.5 Å². The number of benzene rings is 1. The van der Waals surface area contributed by atoms with Crippen molar-refractivity contribution >= 4 is 11.6 Å². The number of ether oxygens (including phenoxy) is 1. The number of aliphatic hydroxyl groups excluding tert-OH is 1. The fraction of sp³-hybridized carbons (Fsp3) is 0.227. The average molecular weight is 394 g/mol.